The normalized spacial score (nSPS) is 26.1. The van der Waals surface area contributed by atoms with Gasteiger partial charge < -0.3 is 29.4 Å². The lowest BCUT2D eigenvalue weighted by Crippen LogP contribution is -2.64. The molecule has 1 aliphatic heterocycles. The van der Waals surface area contributed by atoms with Gasteiger partial charge in [0, 0.05) is 18.8 Å². The molecule has 1 amide bonds. The van der Waals surface area contributed by atoms with E-state index >= 15 is 0 Å². The third kappa shape index (κ3) is 6.33. The maximum Gasteiger partial charge on any atom is 0.303 e. The van der Waals surface area contributed by atoms with Gasteiger partial charge in [0.05, 0.1) is 20.3 Å². The van der Waals surface area contributed by atoms with Gasteiger partial charge >= 0.3 is 5.97 Å². The zero-order chi connectivity index (χ0) is 21.4. The van der Waals surface area contributed by atoms with E-state index in [0.29, 0.717) is 5.75 Å². The van der Waals surface area contributed by atoms with Crippen molar-refractivity contribution in [3.8, 4) is 5.75 Å². The molecule has 0 aliphatic carbocycles. The van der Waals surface area contributed by atoms with Crippen LogP contribution in [-0.2, 0) is 30.4 Å². The van der Waals surface area contributed by atoms with Gasteiger partial charge in [-0.1, -0.05) is 17.2 Å². The number of nitrogens with zero attached hydrogens (tertiary/aromatic N) is 3. The molecule has 1 fully saturated rings. The number of methoxy groups -OCH3 is 1. The van der Waals surface area contributed by atoms with Gasteiger partial charge in [-0.05, 0) is 23.2 Å². The van der Waals surface area contributed by atoms with Gasteiger partial charge in [0.2, 0.25) is 5.91 Å². The number of carbonyl (C=O) groups excluding carboxylic acids is 2. The van der Waals surface area contributed by atoms with Crippen LogP contribution in [0.2, 0.25) is 0 Å². The quantitative estimate of drug-likeness (QED) is 0.282. The van der Waals surface area contributed by atoms with E-state index in [-0.39, 0.29) is 13.2 Å². The summed E-state index contributed by atoms with van der Waals surface area (Å²) in [4.78, 5) is 25.7. The van der Waals surface area contributed by atoms with Crippen LogP contribution in [0.15, 0.2) is 29.4 Å². The summed E-state index contributed by atoms with van der Waals surface area (Å²) in [6, 6.07) is 6.19. The Labute approximate surface area is 167 Å². The standard InChI is InChI=1S/C18H24N4O7/c1-10(23)20-15-17(28-11(2)24)16(25)14(29-18(15)21-22-19)9-27-8-12-4-6-13(26-3)7-5-12/h4-7,14-18,25H,8-9H2,1-3H3,(H,20,23)/t14?,15?,16-,17+,18+/m0/s1. The van der Waals surface area contributed by atoms with Crippen molar-refractivity contribution in [3.05, 3.63) is 40.3 Å². The zero-order valence-corrected chi connectivity index (χ0v) is 16.3. The minimum absolute atomic E-state index is 0.0603. The Hall–Kier alpha value is -2.85. The summed E-state index contributed by atoms with van der Waals surface area (Å²) in [5.41, 5.74) is 9.68. The molecule has 2 N–H and O–H groups in total. The van der Waals surface area contributed by atoms with Crippen LogP contribution in [0.1, 0.15) is 19.4 Å². The van der Waals surface area contributed by atoms with Gasteiger partial charge in [0.25, 0.3) is 0 Å². The predicted molar refractivity (Wildman–Crippen MR) is 99.6 cm³/mol. The molecule has 11 nitrogen and oxygen atoms in total. The van der Waals surface area contributed by atoms with Crippen molar-refractivity contribution in [2.75, 3.05) is 13.7 Å². The highest BCUT2D eigenvalue weighted by atomic mass is 16.6. The minimum Gasteiger partial charge on any atom is -0.497 e. The van der Waals surface area contributed by atoms with E-state index in [9.17, 15) is 14.7 Å². The Morgan fingerprint density at radius 3 is 2.55 bits per heavy atom. The van der Waals surface area contributed by atoms with E-state index in [1.54, 1.807) is 19.2 Å². The summed E-state index contributed by atoms with van der Waals surface area (Å²) in [7, 11) is 1.57. The molecule has 11 heteroatoms. The number of nitrogens with one attached hydrogen (secondary N) is 1. The highest BCUT2D eigenvalue weighted by Gasteiger charge is 2.47. The van der Waals surface area contributed by atoms with Gasteiger partial charge in [-0.15, -0.1) is 0 Å². The maximum atomic E-state index is 11.5. The van der Waals surface area contributed by atoms with Crippen LogP contribution in [-0.4, -0.2) is 61.3 Å². The van der Waals surface area contributed by atoms with Crippen LogP contribution >= 0.6 is 0 Å². The molecule has 0 saturated carbocycles. The van der Waals surface area contributed by atoms with E-state index in [1.807, 2.05) is 12.1 Å². The highest BCUT2D eigenvalue weighted by molar-refractivity contribution is 5.73. The van der Waals surface area contributed by atoms with Gasteiger partial charge in [-0.25, -0.2) is 0 Å². The average Bonchev–Trinajstić information content (AvgIpc) is 2.68. The first-order chi connectivity index (χ1) is 13.8. The summed E-state index contributed by atoms with van der Waals surface area (Å²) in [5.74, 6) is -0.413. The number of hydrogen-bond donors (Lipinski definition) is 2. The van der Waals surface area contributed by atoms with Gasteiger partial charge in [0.1, 0.15) is 24.0 Å². The van der Waals surface area contributed by atoms with Gasteiger partial charge in [-0.3, -0.25) is 9.59 Å². The topological polar surface area (TPSA) is 152 Å². The summed E-state index contributed by atoms with van der Waals surface area (Å²) in [5, 5.41) is 16.6. The van der Waals surface area contributed by atoms with E-state index in [1.165, 1.54) is 13.8 Å². The SMILES string of the molecule is COc1ccc(COCC2O[C@@H](N=[N+]=[N-])C(NC(C)=O)[C@@H](OC(C)=O)[C@H]2O)cc1. The fourth-order valence-electron chi connectivity index (χ4n) is 2.96. The lowest BCUT2D eigenvalue weighted by Gasteiger charge is -2.42. The summed E-state index contributed by atoms with van der Waals surface area (Å²) < 4.78 is 21.5. The number of rotatable bonds is 8. The Morgan fingerprint density at radius 1 is 1.31 bits per heavy atom. The molecule has 0 radical (unpaired) electrons. The van der Waals surface area contributed by atoms with Crippen LogP contribution < -0.4 is 10.1 Å². The van der Waals surface area contributed by atoms with Crippen LogP contribution in [0.5, 0.6) is 5.75 Å². The van der Waals surface area contributed by atoms with Crippen molar-refractivity contribution in [2.45, 2.75) is 51.0 Å². The average molecular weight is 408 g/mol. The van der Waals surface area contributed by atoms with Crippen molar-refractivity contribution in [3.63, 3.8) is 0 Å². The first-order valence-corrected chi connectivity index (χ1v) is 8.88. The number of azide groups is 1. The number of esters is 1. The number of amides is 1. The monoisotopic (exact) mass is 408 g/mol. The Kier molecular flexibility index (Phi) is 8.22. The van der Waals surface area contributed by atoms with Crippen LogP contribution in [0.3, 0.4) is 0 Å². The second kappa shape index (κ2) is 10.6. The van der Waals surface area contributed by atoms with Crippen LogP contribution in [0.25, 0.3) is 10.4 Å². The number of hydrogen-bond acceptors (Lipinski definition) is 8. The smallest absolute Gasteiger partial charge is 0.303 e. The molecule has 2 unspecified atom stereocenters. The highest BCUT2D eigenvalue weighted by Crippen LogP contribution is 2.25. The fourth-order valence-corrected chi connectivity index (χ4v) is 2.96. The molecule has 29 heavy (non-hydrogen) atoms. The summed E-state index contributed by atoms with van der Waals surface area (Å²) >= 11 is 0. The van der Waals surface area contributed by atoms with Crippen molar-refractivity contribution in [1.82, 2.24) is 5.32 Å². The second-order valence-electron chi connectivity index (χ2n) is 6.42. The van der Waals surface area contributed by atoms with E-state index < -0.39 is 42.5 Å². The molecule has 158 valence electrons. The first kappa shape index (κ1) is 22.4. The molecule has 1 aliphatic rings. The molecular weight excluding hydrogens is 384 g/mol. The Morgan fingerprint density at radius 2 is 2.00 bits per heavy atom. The lowest BCUT2D eigenvalue weighted by molar-refractivity contribution is -0.212. The fraction of sp³-hybridized carbons (Fsp3) is 0.556. The Bertz CT molecular complexity index is 751. The van der Waals surface area contributed by atoms with Crippen LogP contribution in [0.4, 0.5) is 0 Å². The largest absolute Gasteiger partial charge is 0.497 e. The molecule has 0 bridgehead atoms. The van der Waals surface area contributed by atoms with Crippen molar-refractivity contribution >= 4 is 11.9 Å². The molecule has 0 spiro atoms. The van der Waals surface area contributed by atoms with Gasteiger partial charge in [-0.2, -0.15) is 0 Å². The second-order valence-corrected chi connectivity index (χ2v) is 6.42. The molecule has 1 aromatic carbocycles. The number of aliphatic hydroxyl groups excluding tert-OH is 1. The minimum atomic E-state index is -1.31. The third-order valence-corrected chi connectivity index (χ3v) is 4.24. The number of aliphatic hydroxyl groups is 1. The van der Waals surface area contributed by atoms with Crippen molar-refractivity contribution in [2.24, 2.45) is 5.11 Å². The maximum absolute atomic E-state index is 11.5. The zero-order valence-electron chi connectivity index (χ0n) is 16.3. The van der Waals surface area contributed by atoms with Crippen molar-refractivity contribution < 1.29 is 33.6 Å². The molecule has 1 aromatic rings. The van der Waals surface area contributed by atoms with E-state index in [4.69, 9.17) is 24.5 Å². The van der Waals surface area contributed by atoms with Crippen LogP contribution in [0, 0.1) is 0 Å². The number of carbonyl (C=O) groups is 2. The van der Waals surface area contributed by atoms with Gasteiger partial charge in [0.15, 0.2) is 12.3 Å². The van der Waals surface area contributed by atoms with E-state index in [0.717, 1.165) is 5.56 Å². The molecule has 1 saturated heterocycles. The third-order valence-electron chi connectivity index (χ3n) is 4.24. The van der Waals surface area contributed by atoms with E-state index in [2.05, 4.69) is 15.3 Å². The van der Waals surface area contributed by atoms with Crippen molar-refractivity contribution in [1.29, 1.82) is 0 Å². The molecule has 1 heterocycles. The lowest BCUT2D eigenvalue weighted by atomic mass is 9.95. The molecule has 2 rings (SSSR count). The number of ether oxygens (including phenoxy) is 4. The first-order valence-electron chi connectivity index (χ1n) is 8.88. The summed E-state index contributed by atoms with van der Waals surface area (Å²) in [6.45, 7) is 2.59. The molecule has 5 atom stereocenters. The summed E-state index contributed by atoms with van der Waals surface area (Å²) in [6.07, 6.45) is -4.61. The Balaban J connectivity index is 2.08. The molecular formula is C18H24N4O7. The molecule has 0 aromatic heterocycles. The predicted octanol–water partition coefficient (Wildman–Crippen LogP) is 1.04. The number of benzene rings is 1.